The maximum absolute atomic E-state index is 14.3. The zero-order chi connectivity index (χ0) is 100. The zero-order valence-electron chi connectivity index (χ0n) is 77.7. The third-order valence-corrected chi connectivity index (χ3v) is 25.2. The number of rotatable bonds is 68. The number of aliphatic carboxylic acids is 7. The summed E-state index contributed by atoms with van der Waals surface area (Å²) in [6.45, 7) is 4.11. The van der Waals surface area contributed by atoms with E-state index in [2.05, 4.69) is 64.8 Å². The number of unbranched alkanes of at least 4 members (excludes halogenated alkanes) is 4. The van der Waals surface area contributed by atoms with Crippen LogP contribution in [0.3, 0.4) is 0 Å². The molecule has 7 amide bonds. The van der Waals surface area contributed by atoms with Gasteiger partial charge in [0.1, 0.15) is 42.1 Å². The Morgan fingerprint density at radius 1 is 0.445 bits per heavy atom. The number of ether oxygens (including phenoxy) is 3. The largest absolute Gasteiger partial charge is 0.481 e. The molecule has 43 nitrogen and oxygen atoms in total. The number of nitrogens with zero attached hydrogens (tertiary/aromatic N) is 8. The zero-order valence-corrected chi connectivity index (χ0v) is 80.8. The first-order chi connectivity index (χ1) is 65.6. The van der Waals surface area contributed by atoms with Crippen LogP contribution in [0.1, 0.15) is 179 Å². The normalized spacial score (nSPS) is 14.9. The molecule has 3 aromatic carbocycles. The first-order valence-corrected chi connectivity index (χ1v) is 49.4. The Bertz CT molecular complexity index is 4610. The highest BCUT2D eigenvalue weighted by Gasteiger charge is 2.34. The monoisotopic (exact) mass is 2060 g/mol. The number of hydrogen-bond donors (Lipinski definition) is 14. The summed E-state index contributed by atoms with van der Waals surface area (Å²) >= 11 is 2.22. The van der Waals surface area contributed by atoms with Crippen molar-refractivity contribution in [1.29, 1.82) is 0 Å². The molecule has 758 valence electrons. The van der Waals surface area contributed by atoms with Crippen molar-refractivity contribution in [2.24, 2.45) is 11.8 Å². The number of amides is 7. The summed E-state index contributed by atoms with van der Waals surface area (Å²) in [7, 11) is -4.32. The maximum atomic E-state index is 14.3. The Labute approximate surface area is 809 Å². The number of hydrogen-bond acceptors (Lipinski definition) is 27. The van der Waals surface area contributed by atoms with E-state index in [0.29, 0.717) is 112 Å². The van der Waals surface area contributed by atoms with Gasteiger partial charge >= 0.3 is 49.4 Å². The van der Waals surface area contributed by atoms with E-state index in [1.54, 1.807) is 36.4 Å². The Balaban J connectivity index is 0.874. The van der Waals surface area contributed by atoms with Crippen LogP contribution in [0.5, 0.6) is 0 Å². The first-order valence-electron chi connectivity index (χ1n) is 46.6. The minimum absolute atomic E-state index is 0.00212. The molecule has 0 radical (unpaired) electrons. The Hall–Kier alpha value is -10.7. The molecule has 0 saturated carbocycles. The van der Waals surface area contributed by atoms with Crippen molar-refractivity contribution >= 4 is 131 Å². The van der Waals surface area contributed by atoms with Crippen LogP contribution in [0.4, 0.5) is 5.69 Å². The number of carboxylic acid groups (broad SMARTS) is 7. The van der Waals surface area contributed by atoms with E-state index in [4.69, 9.17) is 18.7 Å². The van der Waals surface area contributed by atoms with Gasteiger partial charge in [0.25, 0.3) is 0 Å². The van der Waals surface area contributed by atoms with Crippen molar-refractivity contribution in [1.82, 2.24) is 66.5 Å². The molecule has 2 aliphatic heterocycles. The number of aryl methyl sites for hydroxylation is 1. The van der Waals surface area contributed by atoms with Crippen molar-refractivity contribution in [2.45, 2.75) is 205 Å². The number of anilines is 1. The van der Waals surface area contributed by atoms with Crippen LogP contribution in [0.15, 0.2) is 72.8 Å². The molecule has 14 N–H and O–H groups in total. The summed E-state index contributed by atoms with van der Waals surface area (Å²) in [6, 6.07) is 18.5. The number of nitrogens with one attached hydrogen (secondary N) is 6. The van der Waals surface area contributed by atoms with Crippen LogP contribution in [0.25, 0.3) is 22.5 Å². The molecule has 0 spiro atoms. The molecule has 1 fully saturated rings. The van der Waals surface area contributed by atoms with Gasteiger partial charge in [0.15, 0.2) is 0 Å². The standard InChI is InChI=1S/C92H134IN14O29P/c1-2-65(89(123)124)62-137(131,132)136-53-16-25-74(91(127)128)98-80(113)36-31-66(90(125)126)56-70(109)20-4-3-10-39-95-78(111)37-35-73(88(122)99-75(92(129)130)24-9-11-40-94-77(110)27-14-18-64-29-32-68(93)33-30-64)97-79(112)28-17-52-133-49-12-13-50-134-54-55-135-51-15-21-69(108)34-38-82(115)106-57-67-19-5-6-22-71(67)87-86(72-23-7-8-26-76(72)106)100-101-107(87)63-96-81(114)58-102-41-43-103(59-83(116)117)45-47-105(61-85(120)121)48-46-104(44-42-102)60-84(118)119/h5-8,19,22-23,26,29-30,32-33,65-66,73-75H,2-4,9-18,20-21,24-25,27-28,31,34-63H2,1H3,(H,94,110)(H,95,111)(H,96,114)(H,97,112)(H,98,113)(H,99,122)(H,116,117)(H,118,119)(H,120,121)(H,123,124)(H,125,126)(H,127,128)(H,129,130)(H,131,132)/t65?,66-,73?,74+,75?/m1/s1. The number of aromatic nitrogens is 3. The molecule has 4 unspecified atom stereocenters. The molecular formula is C92H134IN14O29P. The third-order valence-electron chi connectivity index (χ3n) is 22.9. The number of halogens is 1. The summed E-state index contributed by atoms with van der Waals surface area (Å²) < 4.78 is 37.2. The number of carboxylic acids is 7. The second kappa shape index (κ2) is 63.7. The molecule has 6 atom stereocenters. The van der Waals surface area contributed by atoms with Crippen molar-refractivity contribution in [2.75, 3.05) is 149 Å². The fraction of sp³-hybridized carbons (Fsp3) is 0.609. The van der Waals surface area contributed by atoms with Gasteiger partial charge in [-0.05, 0) is 155 Å². The topological polar surface area (TPSA) is 608 Å². The van der Waals surface area contributed by atoms with Crippen molar-refractivity contribution in [3.63, 3.8) is 0 Å². The highest BCUT2D eigenvalue weighted by molar-refractivity contribution is 14.1. The van der Waals surface area contributed by atoms with Crippen LogP contribution in [-0.2, 0) is 120 Å². The van der Waals surface area contributed by atoms with Gasteiger partial charge in [-0.3, -0.25) is 91.3 Å². The van der Waals surface area contributed by atoms with E-state index in [0.717, 1.165) is 21.1 Å². The summed E-state index contributed by atoms with van der Waals surface area (Å²) in [6.07, 6.45) is 2.96. The summed E-state index contributed by atoms with van der Waals surface area (Å²) in [4.78, 5) is 222. The molecule has 1 aromatic heterocycles. The second-order valence-corrected chi connectivity index (χ2v) is 37.0. The van der Waals surface area contributed by atoms with Gasteiger partial charge in [0, 0.05) is 164 Å². The molecule has 4 aromatic rings. The van der Waals surface area contributed by atoms with Crippen LogP contribution in [-0.4, -0.2) is 332 Å². The minimum Gasteiger partial charge on any atom is -0.481 e. The number of ketones is 2. The predicted molar refractivity (Wildman–Crippen MR) is 505 cm³/mol. The molecule has 137 heavy (non-hydrogen) atoms. The lowest BCUT2D eigenvalue weighted by molar-refractivity contribution is -0.145. The Morgan fingerprint density at radius 2 is 0.949 bits per heavy atom. The number of para-hydroxylation sites is 1. The van der Waals surface area contributed by atoms with Crippen molar-refractivity contribution in [3.05, 3.63) is 87.5 Å². The average Bonchev–Trinajstić information content (AvgIpc) is 1.67. The Morgan fingerprint density at radius 3 is 1.54 bits per heavy atom. The number of fused-ring (bicyclic) bond motifs is 5. The van der Waals surface area contributed by atoms with E-state index < -0.39 is 140 Å². The van der Waals surface area contributed by atoms with E-state index in [1.807, 2.05) is 65.6 Å². The van der Waals surface area contributed by atoms with Crippen molar-refractivity contribution in [3.8, 4) is 22.5 Å². The lowest BCUT2D eigenvalue weighted by atomic mass is 9.94. The first kappa shape index (κ1) is 115. The van der Waals surface area contributed by atoms with Crippen LogP contribution in [0.2, 0.25) is 0 Å². The van der Waals surface area contributed by atoms with Gasteiger partial charge in [0.2, 0.25) is 41.4 Å². The Kier molecular flexibility index (Phi) is 53.5. The van der Waals surface area contributed by atoms with E-state index in [9.17, 15) is 122 Å². The lowest BCUT2D eigenvalue weighted by Gasteiger charge is -2.32. The minimum atomic E-state index is -4.32. The smallest absolute Gasteiger partial charge is 0.328 e. The fourth-order valence-corrected chi connectivity index (χ4v) is 17.2. The van der Waals surface area contributed by atoms with Gasteiger partial charge in [-0.25, -0.2) is 14.3 Å². The molecule has 1 saturated heterocycles. The molecule has 6 rings (SSSR count). The van der Waals surface area contributed by atoms with Crippen LogP contribution < -0.4 is 36.8 Å². The van der Waals surface area contributed by atoms with Gasteiger partial charge in [0.05, 0.1) is 81.9 Å². The van der Waals surface area contributed by atoms with Gasteiger partial charge < -0.3 is 96.2 Å². The number of carbonyl (C=O) groups excluding carboxylic acids is 9. The summed E-state index contributed by atoms with van der Waals surface area (Å²) in [5.74, 6) is -15.1. The van der Waals surface area contributed by atoms with Gasteiger partial charge in [-0.1, -0.05) is 73.2 Å². The second-order valence-electron chi connectivity index (χ2n) is 33.8. The van der Waals surface area contributed by atoms with E-state index in [-0.39, 0.29) is 226 Å². The maximum Gasteiger partial charge on any atom is 0.328 e. The van der Waals surface area contributed by atoms with E-state index in [1.165, 1.54) is 6.92 Å². The molecular weight excluding hydrogens is 1920 g/mol. The summed E-state index contributed by atoms with van der Waals surface area (Å²) in [5.41, 5.74) is 4.72. The lowest BCUT2D eigenvalue weighted by Crippen LogP contribution is -2.52. The molecule has 45 heteroatoms. The highest BCUT2D eigenvalue weighted by atomic mass is 127. The fourth-order valence-electron chi connectivity index (χ4n) is 15.3. The van der Waals surface area contributed by atoms with Crippen LogP contribution >= 0.6 is 30.2 Å². The number of carbonyl (C=O) groups is 16. The highest BCUT2D eigenvalue weighted by Crippen LogP contribution is 2.45. The van der Waals surface area contributed by atoms with Crippen molar-refractivity contribution < 1.29 is 141 Å². The molecule has 3 heterocycles. The average molecular weight is 2060 g/mol. The van der Waals surface area contributed by atoms with Crippen LogP contribution in [0, 0.1) is 15.4 Å². The van der Waals surface area contributed by atoms with E-state index >= 15 is 0 Å². The SMILES string of the molecule is CCC(CP(=O)(O)OCCC[C@H](NC(=O)CC[C@H](CC(=O)CCCCCNC(=O)CCC(NC(=O)CCCOCCCCOCCOCCCC(=O)CCC(=O)N1Cc2ccccc2-c2c(nnn2CNC(=O)CN2CCN(CC(=O)O)CCN(CC(=O)O)CCN(CC(=O)O)CC2)-c2ccccc21)C(=O)NC(CCCCNC(=O)CCCc1ccc(I)cc1)C(=O)O)C(=O)O)C(=O)O)C(=O)O. The third kappa shape index (κ3) is 46.6. The van der Waals surface area contributed by atoms with Gasteiger partial charge in [-0.15, -0.1) is 5.10 Å². The van der Waals surface area contributed by atoms with Gasteiger partial charge in [-0.2, -0.15) is 0 Å². The predicted octanol–water partition coefficient (Wildman–Crippen LogP) is 5.28. The molecule has 2 aliphatic rings. The number of Topliss-reactive ketones (excluding diaryl/α,β-unsaturated/α-hetero) is 2. The quantitative estimate of drug-likeness (QED) is 0.0152. The summed E-state index contributed by atoms with van der Waals surface area (Å²) in [5, 5.41) is 92.8. The molecule has 0 bridgehead atoms. The number of benzene rings is 3. The molecule has 0 aliphatic carbocycles.